The predicted molar refractivity (Wildman–Crippen MR) is 151 cm³/mol. The fourth-order valence-electron chi connectivity index (χ4n) is 6.81. The summed E-state index contributed by atoms with van der Waals surface area (Å²) in [6.45, 7) is 14.2. The van der Waals surface area contributed by atoms with Gasteiger partial charge in [0.25, 0.3) is 0 Å². The fourth-order valence-corrected chi connectivity index (χ4v) is 6.81. The van der Waals surface area contributed by atoms with Gasteiger partial charge in [-0.1, -0.05) is 90.1 Å². The molecule has 0 aliphatic heterocycles. The van der Waals surface area contributed by atoms with E-state index in [1.807, 2.05) is 0 Å². The Kier molecular flexibility index (Phi) is 4.78. The molecule has 1 N–H and O–H groups in total. The lowest BCUT2D eigenvalue weighted by atomic mass is 9.55. The van der Waals surface area contributed by atoms with Crippen molar-refractivity contribution < 1.29 is 0 Å². The molecule has 2 aliphatic carbocycles. The Morgan fingerprint density at radius 2 is 1.57 bits per heavy atom. The first-order valence-corrected chi connectivity index (χ1v) is 13.2. The van der Waals surface area contributed by atoms with E-state index >= 15 is 0 Å². The van der Waals surface area contributed by atoms with Crippen LogP contribution in [-0.2, 0) is 10.8 Å². The maximum absolute atomic E-state index is 3.69. The number of benzene rings is 3. The lowest BCUT2D eigenvalue weighted by Crippen LogP contribution is -2.43. The minimum Gasteiger partial charge on any atom is -0.355 e. The maximum Gasteiger partial charge on any atom is 0.0511 e. The number of hydrogen-bond donors (Lipinski definition) is 1. The van der Waals surface area contributed by atoms with Gasteiger partial charge < -0.3 is 4.98 Å². The van der Waals surface area contributed by atoms with Gasteiger partial charge in [0, 0.05) is 21.8 Å². The van der Waals surface area contributed by atoms with E-state index in [4.69, 9.17) is 0 Å². The normalized spacial score (nSPS) is 20.1. The topological polar surface area (TPSA) is 15.8 Å². The van der Waals surface area contributed by atoms with Gasteiger partial charge in [-0.25, -0.2) is 0 Å². The Morgan fingerprint density at radius 1 is 0.857 bits per heavy atom. The third-order valence-electron chi connectivity index (χ3n) is 9.03. The van der Waals surface area contributed by atoms with Crippen molar-refractivity contribution in [3.05, 3.63) is 101 Å². The minimum atomic E-state index is -0.163. The minimum absolute atomic E-state index is 0.0538. The molecule has 0 fully saturated rings. The Hall–Kier alpha value is -3.06. The second-order valence-electron chi connectivity index (χ2n) is 12.3. The van der Waals surface area contributed by atoms with Crippen LogP contribution in [0.4, 0.5) is 0 Å². The molecule has 1 nitrogen and oxygen atoms in total. The second kappa shape index (κ2) is 7.47. The Morgan fingerprint density at radius 3 is 2.31 bits per heavy atom. The molecular weight excluding hydrogens is 422 g/mol. The summed E-state index contributed by atoms with van der Waals surface area (Å²) in [7, 11) is 0. The number of hydrogen-bond acceptors (Lipinski definition) is 0. The highest BCUT2D eigenvalue weighted by Crippen LogP contribution is 2.62. The van der Waals surface area contributed by atoms with Gasteiger partial charge in [0.2, 0.25) is 0 Å². The van der Waals surface area contributed by atoms with Crippen molar-refractivity contribution in [1.29, 1.82) is 0 Å². The van der Waals surface area contributed by atoms with Gasteiger partial charge in [0.05, 0.1) is 5.41 Å². The number of fused-ring (bicyclic) bond motifs is 5. The zero-order chi connectivity index (χ0) is 24.6. The van der Waals surface area contributed by atoms with E-state index < -0.39 is 0 Å². The van der Waals surface area contributed by atoms with Gasteiger partial charge in [0.1, 0.15) is 0 Å². The Balaban J connectivity index is 1.70. The monoisotopic (exact) mass is 459 g/mol. The molecule has 0 amide bonds. The molecule has 0 bridgehead atoms. The summed E-state index contributed by atoms with van der Waals surface area (Å²) >= 11 is 0. The van der Waals surface area contributed by atoms with Crippen molar-refractivity contribution in [2.24, 2.45) is 5.41 Å². The number of nitrogens with one attached hydrogen (secondary N) is 1. The van der Waals surface area contributed by atoms with Crippen molar-refractivity contribution in [1.82, 2.24) is 4.98 Å². The maximum atomic E-state index is 3.69. The molecule has 6 rings (SSSR count). The van der Waals surface area contributed by atoms with E-state index in [1.54, 1.807) is 5.57 Å². The molecule has 178 valence electrons. The predicted octanol–water partition coefficient (Wildman–Crippen LogP) is 9.46. The van der Waals surface area contributed by atoms with Crippen molar-refractivity contribution in [2.75, 3.05) is 0 Å². The number of aromatic nitrogens is 1. The highest BCUT2D eigenvalue weighted by atomic mass is 14.7. The summed E-state index contributed by atoms with van der Waals surface area (Å²) in [5, 5.41) is 2.67. The van der Waals surface area contributed by atoms with Crippen LogP contribution in [0, 0.1) is 5.41 Å². The molecule has 1 heterocycles. The molecule has 0 saturated carbocycles. The smallest absolute Gasteiger partial charge is 0.0511 e. The first-order valence-electron chi connectivity index (χ1n) is 13.2. The van der Waals surface area contributed by atoms with E-state index in [0.29, 0.717) is 0 Å². The van der Waals surface area contributed by atoms with Gasteiger partial charge in [-0.15, -0.1) is 0 Å². The Bertz CT molecular complexity index is 1530. The van der Waals surface area contributed by atoms with Crippen LogP contribution in [0.5, 0.6) is 0 Å². The van der Waals surface area contributed by atoms with Crippen molar-refractivity contribution >= 4 is 27.4 Å². The molecule has 2 aliphatic rings. The lowest BCUT2D eigenvalue weighted by Gasteiger charge is -2.47. The number of allylic oxidation sites excluding steroid dienone is 4. The standard InChI is InChI=1S/C34H37N/c1-7-33(5,6)34(28-14-10-8-12-24(28)25-13-9-11-15-29(25)34)23-17-19-31-27(21-23)26-20-22(32(2,3)4)16-18-30(26)35-31/h8,10-12,14-21,35H,7,9,13H2,1-6H3. The number of aromatic amines is 1. The number of H-pyrrole nitrogens is 1. The van der Waals surface area contributed by atoms with E-state index in [9.17, 15) is 0 Å². The van der Waals surface area contributed by atoms with Crippen LogP contribution >= 0.6 is 0 Å². The summed E-state index contributed by atoms with van der Waals surface area (Å²) < 4.78 is 0. The third kappa shape index (κ3) is 3.00. The summed E-state index contributed by atoms with van der Waals surface area (Å²) in [5.41, 5.74) is 11.3. The van der Waals surface area contributed by atoms with Crippen LogP contribution in [0.15, 0.2) is 78.4 Å². The van der Waals surface area contributed by atoms with Crippen LogP contribution in [0.25, 0.3) is 27.4 Å². The molecule has 0 saturated heterocycles. The molecule has 1 heteroatoms. The van der Waals surface area contributed by atoms with E-state index in [1.165, 1.54) is 49.6 Å². The summed E-state index contributed by atoms with van der Waals surface area (Å²) in [4.78, 5) is 3.69. The molecule has 0 radical (unpaired) electrons. The second-order valence-corrected chi connectivity index (χ2v) is 12.3. The summed E-state index contributed by atoms with van der Waals surface area (Å²) in [5.74, 6) is 0. The van der Waals surface area contributed by atoms with Gasteiger partial charge in [-0.3, -0.25) is 0 Å². The largest absolute Gasteiger partial charge is 0.355 e. The molecule has 1 unspecified atom stereocenters. The van der Waals surface area contributed by atoms with Crippen LogP contribution in [0.1, 0.15) is 83.1 Å². The van der Waals surface area contributed by atoms with E-state index in [-0.39, 0.29) is 16.2 Å². The van der Waals surface area contributed by atoms with E-state index in [0.717, 1.165) is 19.3 Å². The summed E-state index contributed by atoms with van der Waals surface area (Å²) in [6, 6.07) is 23.4. The average Bonchev–Trinajstić information content (AvgIpc) is 3.37. The first-order chi connectivity index (χ1) is 16.7. The van der Waals surface area contributed by atoms with Crippen molar-refractivity contribution in [2.45, 2.75) is 71.6 Å². The van der Waals surface area contributed by atoms with Crippen LogP contribution in [-0.4, -0.2) is 4.98 Å². The summed E-state index contributed by atoms with van der Waals surface area (Å²) in [6.07, 6.45) is 8.21. The SMILES string of the molecule is CCC(C)(C)C1(c2ccc3[nH]c4ccc(C(C)(C)C)cc4c3c2)C2=C(CCC=C2)c2ccccc21. The van der Waals surface area contributed by atoms with Crippen molar-refractivity contribution in [3.8, 4) is 0 Å². The molecular formula is C34H37N. The van der Waals surface area contributed by atoms with Crippen LogP contribution in [0.3, 0.4) is 0 Å². The lowest BCUT2D eigenvalue weighted by molar-refractivity contribution is 0.233. The molecule has 3 aromatic carbocycles. The van der Waals surface area contributed by atoms with E-state index in [2.05, 4.69) is 119 Å². The molecule has 35 heavy (non-hydrogen) atoms. The zero-order valence-electron chi connectivity index (χ0n) is 22.0. The average molecular weight is 460 g/mol. The fraction of sp³-hybridized carbons (Fsp3) is 0.353. The van der Waals surface area contributed by atoms with Gasteiger partial charge in [0.15, 0.2) is 0 Å². The van der Waals surface area contributed by atoms with Crippen LogP contribution in [0.2, 0.25) is 0 Å². The quantitative estimate of drug-likeness (QED) is 0.314. The van der Waals surface area contributed by atoms with Gasteiger partial charge >= 0.3 is 0 Å². The molecule has 4 aromatic rings. The third-order valence-corrected chi connectivity index (χ3v) is 9.03. The molecule has 1 aromatic heterocycles. The molecule has 0 spiro atoms. The molecule has 1 atom stereocenters. The van der Waals surface area contributed by atoms with Gasteiger partial charge in [-0.05, 0) is 87.8 Å². The van der Waals surface area contributed by atoms with Crippen LogP contribution < -0.4 is 0 Å². The Labute approximate surface area is 210 Å². The first kappa shape index (κ1) is 22.4. The highest BCUT2D eigenvalue weighted by Gasteiger charge is 2.54. The zero-order valence-corrected chi connectivity index (χ0v) is 22.0. The van der Waals surface area contributed by atoms with Crippen molar-refractivity contribution in [3.63, 3.8) is 0 Å². The number of rotatable bonds is 3. The van der Waals surface area contributed by atoms with Gasteiger partial charge in [-0.2, -0.15) is 0 Å². The highest BCUT2D eigenvalue weighted by molar-refractivity contribution is 6.08.